The molecular formula is C20H26N2O5S. The van der Waals surface area contributed by atoms with Crippen molar-refractivity contribution in [2.75, 3.05) is 37.4 Å². The van der Waals surface area contributed by atoms with Gasteiger partial charge in [-0.15, -0.1) is 0 Å². The number of rotatable bonds is 9. The van der Waals surface area contributed by atoms with Gasteiger partial charge in [-0.25, -0.2) is 8.42 Å². The van der Waals surface area contributed by atoms with Crippen molar-refractivity contribution in [2.24, 2.45) is 0 Å². The van der Waals surface area contributed by atoms with Crippen LogP contribution in [0.25, 0.3) is 0 Å². The molecule has 0 aliphatic heterocycles. The number of para-hydroxylation sites is 1. The van der Waals surface area contributed by atoms with Crippen LogP contribution in [0.3, 0.4) is 0 Å². The van der Waals surface area contributed by atoms with Crippen LogP contribution >= 0.6 is 0 Å². The lowest BCUT2D eigenvalue weighted by molar-refractivity contribution is -0.119. The summed E-state index contributed by atoms with van der Waals surface area (Å²) >= 11 is 0. The number of sulfonamides is 1. The lowest BCUT2D eigenvalue weighted by Gasteiger charge is -2.24. The Morgan fingerprint density at radius 3 is 2.46 bits per heavy atom. The molecule has 0 radical (unpaired) electrons. The van der Waals surface area contributed by atoms with E-state index in [-0.39, 0.29) is 19.7 Å². The number of hydrogen-bond acceptors (Lipinski definition) is 5. The van der Waals surface area contributed by atoms with Crippen LogP contribution in [0, 0.1) is 13.8 Å². The first-order valence-corrected chi connectivity index (χ1v) is 10.6. The van der Waals surface area contributed by atoms with E-state index in [1.54, 1.807) is 12.1 Å². The van der Waals surface area contributed by atoms with Crippen molar-refractivity contribution >= 4 is 21.6 Å². The Hall–Kier alpha value is -2.74. The lowest BCUT2D eigenvalue weighted by Crippen LogP contribution is -2.41. The minimum absolute atomic E-state index is 0.260. The van der Waals surface area contributed by atoms with Crippen LogP contribution in [0.1, 0.15) is 11.1 Å². The van der Waals surface area contributed by atoms with Gasteiger partial charge < -0.3 is 14.8 Å². The average molecular weight is 407 g/mol. The fourth-order valence-electron chi connectivity index (χ4n) is 2.63. The molecule has 0 aliphatic carbocycles. The van der Waals surface area contributed by atoms with Crippen molar-refractivity contribution in [1.82, 2.24) is 5.32 Å². The number of hydrogen-bond donors (Lipinski definition) is 1. The SMILES string of the molecule is COc1ccc(C)cc1N(CC(=O)NCCOc1ccccc1C)S(C)(=O)=O. The molecule has 0 unspecified atom stereocenters. The molecule has 0 heterocycles. The van der Waals surface area contributed by atoms with Crippen molar-refractivity contribution in [3.05, 3.63) is 53.6 Å². The van der Waals surface area contributed by atoms with Crippen LogP contribution in [0.5, 0.6) is 11.5 Å². The zero-order valence-electron chi connectivity index (χ0n) is 16.6. The van der Waals surface area contributed by atoms with Gasteiger partial charge in [0.2, 0.25) is 15.9 Å². The molecule has 1 amide bonds. The van der Waals surface area contributed by atoms with Crippen molar-refractivity contribution < 1.29 is 22.7 Å². The molecular weight excluding hydrogens is 380 g/mol. The molecule has 2 aromatic carbocycles. The van der Waals surface area contributed by atoms with Gasteiger partial charge in [-0.2, -0.15) is 0 Å². The Bertz CT molecular complexity index is 928. The predicted molar refractivity (Wildman–Crippen MR) is 110 cm³/mol. The number of aryl methyl sites for hydroxylation is 2. The Kier molecular flexibility index (Phi) is 7.28. The van der Waals surface area contributed by atoms with Gasteiger partial charge in [0, 0.05) is 0 Å². The van der Waals surface area contributed by atoms with E-state index < -0.39 is 15.9 Å². The van der Waals surface area contributed by atoms with Crippen molar-refractivity contribution in [1.29, 1.82) is 0 Å². The highest BCUT2D eigenvalue weighted by Gasteiger charge is 2.24. The molecule has 0 aromatic heterocycles. The zero-order valence-corrected chi connectivity index (χ0v) is 17.4. The van der Waals surface area contributed by atoms with E-state index in [9.17, 15) is 13.2 Å². The van der Waals surface area contributed by atoms with Gasteiger partial charge in [0.05, 0.1) is 25.6 Å². The summed E-state index contributed by atoms with van der Waals surface area (Å²) in [5, 5.41) is 2.69. The number of nitrogens with zero attached hydrogens (tertiary/aromatic N) is 1. The van der Waals surface area contributed by atoms with Gasteiger partial charge in [0.15, 0.2) is 0 Å². The fraction of sp³-hybridized carbons (Fsp3) is 0.350. The molecule has 0 saturated heterocycles. The number of benzene rings is 2. The smallest absolute Gasteiger partial charge is 0.240 e. The standard InChI is InChI=1S/C20H26N2O5S/c1-15-9-10-19(26-3)17(13-15)22(28(4,24)25)14-20(23)21-11-12-27-18-8-6-5-7-16(18)2/h5-10,13H,11-12,14H2,1-4H3,(H,21,23). The highest BCUT2D eigenvalue weighted by Crippen LogP contribution is 2.30. The fourth-order valence-corrected chi connectivity index (χ4v) is 3.48. The van der Waals surface area contributed by atoms with Crippen LogP contribution < -0.4 is 19.1 Å². The molecule has 0 bridgehead atoms. The van der Waals surface area contributed by atoms with E-state index in [1.807, 2.05) is 44.2 Å². The number of anilines is 1. The first-order valence-electron chi connectivity index (χ1n) is 8.80. The number of carbonyl (C=O) groups excluding carboxylic acids is 1. The van der Waals surface area contributed by atoms with Crippen LogP contribution in [0.2, 0.25) is 0 Å². The number of amides is 1. The second-order valence-electron chi connectivity index (χ2n) is 6.41. The maximum Gasteiger partial charge on any atom is 0.240 e. The molecule has 0 spiro atoms. The first-order chi connectivity index (χ1) is 13.2. The lowest BCUT2D eigenvalue weighted by atomic mass is 10.2. The zero-order chi connectivity index (χ0) is 20.7. The van der Waals surface area contributed by atoms with Gasteiger partial charge in [0.25, 0.3) is 0 Å². The van der Waals surface area contributed by atoms with Crippen LogP contribution in [0.15, 0.2) is 42.5 Å². The molecule has 8 heteroatoms. The number of ether oxygens (including phenoxy) is 2. The molecule has 0 aliphatic rings. The highest BCUT2D eigenvalue weighted by molar-refractivity contribution is 7.92. The van der Waals surface area contributed by atoms with Crippen LogP contribution in [0.4, 0.5) is 5.69 Å². The third-order valence-electron chi connectivity index (χ3n) is 4.07. The third-order valence-corrected chi connectivity index (χ3v) is 5.19. The molecule has 152 valence electrons. The molecule has 2 rings (SSSR count). The molecule has 28 heavy (non-hydrogen) atoms. The molecule has 7 nitrogen and oxygen atoms in total. The van der Waals surface area contributed by atoms with Crippen molar-refractivity contribution in [3.63, 3.8) is 0 Å². The normalized spacial score (nSPS) is 11.0. The van der Waals surface area contributed by atoms with E-state index >= 15 is 0 Å². The Morgan fingerprint density at radius 1 is 1.11 bits per heavy atom. The van der Waals surface area contributed by atoms with Gasteiger partial charge in [-0.3, -0.25) is 9.10 Å². The summed E-state index contributed by atoms with van der Waals surface area (Å²) < 4.78 is 36.5. The van der Waals surface area contributed by atoms with Crippen molar-refractivity contribution in [3.8, 4) is 11.5 Å². The topological polar surface area (TPSA) is 84.9 Å². The van der Waals surface area contributed by atoms with E-state index in [2.05, 4.69) is 5.32 Å². The largest absolute Gasteiger partial charge is 0.495 e. The Labute approximate surface area is 166 Å². The summed E-state index contributed by atoms with van der Waals surface area (Å²) in [5.41, 5.74) is 2.19. The number of carbonyl (C=O) groups is 1. The maximum absolute atomic E-state index is 12.3. The van der Waals surface area contributed by atoms with E-state index in [4.69, 9.17) is 9.47 Å². The highest BCUT2D eigenvalue weighted by atomic mass is 32.2. The summed E-state index contributed by atoms with van der Waals surface area (Å²) in [4.78, 5) is 12.3. The molecule has 0 fully saturated rings. The monoisotopic (exact) mass is 406 g/mol. The third kappa shape index (κ3) is 5.88. The van der Waals surface area contributed by atoms with E-state index in [1.165, 1.54) is 7.11 Å². The second-order valence-corrected chi connectivity index (χ2v) is 8.32. The van der Waals surface area contributed by atoms with E-state index in [0.717, 1.165) is 27.4 Å². The Morgan fingerprint density at radius 2 is 1.82 bits per heavy atom. The molecule has 0 saturated carbocycles. The summed E-state index contributed by atoms with van der Waals surface area (Å²) in [6.07, 6.45) is 1.06. The summed E-state index contributed by atoms with van der Waals surface area (Å²) in [7, 11) is -2.22. The van der Waals surface area contributed by atoms with E-state index in [0.29, 0.717) is 11.4 Å². The van der Waals surface area contributed by atoms with Crippen molar-refractivity contribution in [2.45, 2.75) is 13.8 Å². The predicted octanol–water partition coefficient (Wildman–Crippen LogP) is 2.27. The Balaban J connectivity index is 2.00. The number of nitrogens with one attached hydrogen (secondary N) is 1. The quantitative estimate of drug-likeness (QED) is 0.646. The summed E-state index contributed by atoms with van der Waals surface area (Å²) in [5.74, 6) is 0.702. The first kappa shape index (κ1) is 21.6. The summed E-state index contributed by atoms with van der Waals surface area (Å²) in [6.45, 7) is 3.97. The van der Waals surface area contributed by atoms with Gasteiger partial charge in [-0.05, 0) is 43.2 Å². The van der Waals surface area contributed by atoms with Crippen LogP contribution in [-0.4, -0.2) is 47.4 Å². The summed E-state index contributed by atoms with van der Waals surface area (Å²) in [6, 6.07) is 12.8. The minimum Gasteiger partial charge on any atom is -0.495 e. The van der Waals surface area contributed by atoms with Gasteiger partial charge in [0.1, 0.15) is 24.7 Å². The van der Waals surface area contributed by atoms with Gasteiger partial charge >= 0.3 is 0 Å². The molecule has 2 aromatic rings. The second kappa shape index (κ2) is 9.45. The minimum atomic E-state index is -3.68. The molecule has 1 N–H and O–H groups in total. The maximum atomic E-state index is 12.3. The molecule has 0 atom stereocenters. The number of methoxy groups -OCH3 is 1. The average Bonchev–Trinajstić information content (AvgIpc) is 2.63. The van der Waals surface area contributed by atoms with Gasteiger partial charge in [-0.1, -0.05) is 24.3 Å². The van der Waals surface area contributed by atoms with Crippen LogP contribution in [-0.2, 0) is 14.8 Å².